The fourth-order valence-corrected chi connectivity index (χ4v) is 4.08. The van der Waals surface area contributed by atoms with Gasteiger partial charge in [-0.2, -0.15) is 4.52 Å². The number of nitrogens with one attached hydrogen (secondary N) is 1. The van der Waals surface area contributed by atoms with Crippen LogP contribution in [0.4, 0.5) is 0 Å². The summed E-state index contributed by atoms with van der Waals surface area (Å²) in [5, 5.41) is 26.8. The van der Waals surface area contributed by atoms with Crippen molar-refractivity contribution in [1.82, 2.24) is 19.4 Å². The fraction of sp³-hybridized carbons (Fsp3) is 0.538. The molecule has 10 nitrogen and oxygen atoms in total. The van der Waals surface area contributed by atoms with Crippen LogP contribution in [0, 0.1) is 12.3 Å². The van der Waals surface area contributed by atoms with Gasteiger partial charge in [-0.05, 0) is 37.8 Å². The number of aryl methyl sites for hydroxylation is 1. The standard InChI is InChI=1S/C26H37N5O5/c1-8-18-16(3)24(35-9-2)29-31-23(18)28-30(25(31)27)15-20(33)17-13-19(26(4,5)6)22(34-7)21(14-17)36-12-10-11-32/h13-14,27,32H,8-12,15H2,1-7H3. The number of Topliss-reactive ketones (excluding diaryl/α,β-unsaturated/α-hetero) is 1. The number of nitrogens with zero attached hydrogens (tertiary/aromatic N) is 4. The number of aliphatic hydroxyl groups excluding tert-OH is 1. The molecule has 0 spiro atoms. The van der Waals surface area contributed by atoms with Crippen molar-refractivity contribution in [3.8, 4) is 17.4 Å². The number of carbonyl (C=O) groups excluding carboxylic acids is 1. The van der Waals surface area contributed by atoms with E-state index in [4.69, 9.17) is 24.7 Å². The van der Waals surface area contributed by atoms with Crippen molar-refractivity contribution >= 4 is 11.4 Å². The summed E-state index contributed by atoms with van der Waals surface area (Å²) in [5.41, 5.74) is 3.26. The molecule has 0 aliphatic rings. The van der Waals surface area contributed by atoms with Gasteiger partial charge in [-0.15, -0.1) is 10.2 Å². The summed E-state index contributed by atoms with van der Waals surface area (Å²) in [6, 6.07) is 3.47. The Kier molecular flexibility index (Phi) is 8.39. The van der Waals surface area contributed by atoms with Crippen LogP contribution in [0.2, 0.25) is 0 Å². The number of carbonyl (C=O) groups is 1. The number of rotatable bonds is 11. The van der Waals surface area contributed by atoms with Crippen molar-refractivity contribution in [1.29, 1.82) is 5.41 Å². The van der Waals surface area contributed by atoms with Crippen molar-refractivity contribution in [3.05, 3.63) is 40.0 Å². The van der Waals surface area contributed by atoms with Gasteiger partial charge in [0.1, 0.15) is 6.54 Å². The number of aliphatic hydroxyl groups is 1. The first-order valence-electron chi connectivity index (χ1n) is 12.2. The predicted molar refractivity (Wildman–Crippen MR) is 135 cm³/mol. The van der Waals surface area contributed by atoms with Crippen molar-refractivity contribution < 1.29 is 24.1 Å². The second-order valence-electron chi connectivity index (χ2n) is 9.57. The Labute approximate surface area is 211 Å². The van der Waals surface area contributed by atoms with Crippen LogP contribution >= 0.6 is 0 Å². The number of aromatic nitrogens is 4. The Morgan fingerprint density at radius 2 is 1.89 bits per heavy atom. The lowest BCUT2D eigenvalue weighted by molar-refractivity contribution is 0.0964. The van der Waals surface area contributed by atoms with Crippen LogP contribution < -0.4 is 19.8 Å². The maximum Gasteiger partial charge on any atom is 0.242 e. The Hall–Kier alpha value is -3.40. The van der Waals surface area contributed by atoms with Gasteiger partial charge in [0.05, 0.1) is 20.3 Å². The average molecular weight is 500 g/mol. The van der Waals surface area contributed by atoms with E-state index in [9.17, 15) is 4.79 Å². The topological polar surface area (TPSA) is 124 Å². The van der Waals surface area contributed by atoms with E-state index in [1.165, 1.54) is 9.20 Å². The van der Waals surface area contributed by atoms with Crippen LogP contribution in [0.3, 0.4) is 0 Å². The highest BCUT2D eigenvalue weighted by Gasteiger charge is 2.26. The molecule has 0 bridgehead atoms. The third kappa shape index (κ3) is 5.38. The fourth-order valence-electron chi connectivity index (χ4n) is 4.08. The quantitative estimate of drug-likeness (QED) is 0.307. The number of ether oxygens (including phenoxy) is 3. The van der Waals surface area contributed by atoms with Crippen LogP contribution in [0.15, 0.2) is 12.1 Å². The van der Waals surface area contributed by atoms with Gasteiger partial charge in [0.25, 0.3) is 0 Å². The Balaban J connectivity index is 2.06. The third-order valence-electron chi connectivity index (χ3n) is 5.97. The first kappa shape index (κ1) is 27.2. The van der Waals surface area contributed by atoms with E-state index in [0.717, 1.165) is 16.7 Å². The molecular weight excluding hydrogens is 462 g/mol. The molecular formula is C26H37N5O5. The minimum atomic E-state index is -0.319. The molecule has 3 aromatic rings. The second kappa shape index (κ2) is 11.1. The molecule has 196 valence electrons. The van der Waals surface area contributed by atoms with Gasteiger partial charge in [0, 0.05) is 35.3 Å². The zero-order valence-electron chi connectivity index (χ0n) is 22.3. The molecule has 2 aromatic heterocycles. The van der Waals surface area contributed by atoms with Crippen LogP contribution in [-0.4, -0.2) is 57.2 Å². The molecule has 0 atom stereocenters. The molecule has 0 saturated carbocycles. The van der Waals surface area contributed by atoms with Crippen molar-refractivity contribution in [2.75, 3.05) is 26.9 Å². The summed E-state index contributed by atoms with van der Waals surface area (Å²) in [4.78, 5) is 13.5. The molecule has 36 heavy (non-hydrogen) atoms. The minimum absolute atomic E-state index is 0.00212. The molecule has 0 unspecified atom stereocenters. The maximum absolute atomic E-state index is 13.5. The number of hydrogen-bond acceptors (Lipinski definition) is 8. The lowest BCUT2D eigenvalue weighted by Gasteiger charge is -2.25. The highest BCUT2D eigenvalue weighted by Crippen LogP contribution is 2.40. The number of fused-ring (bicyclic) bond motifs is 1. The largest absolute Gasteiger partial charge is 0.493 e. The lowest BCUT2D eigenvalue weighted by atomic mass is 9.84. The summed E-state index contributed by atoms with van der Waals surface area (Å²) < 4.78 is 19.9. The Morgan fingerprint density at radius 3 is 2.47 bits per heavy atom. The predicted octanol–water partition coefficient (Wildman–Crippen LogP) is 3.23. The van der Waals surface area contributed by atoms with Gasteiger partial charge in [0.15, 0.2) is 22.9 Å². The molecule has 0 fully saturated rings. The van der Waals surface area contributed by atoms with E-state index >= 15 is 0 Å². The van der Waals surface area contributed by atoms with E-state index in [1.54, 1.807) is 13.2 Å². The summed E-state index contributed by atoms with van der Waals surface area (Å²) in [7, 11) is 1.57. The number of hydrogen-bond donors (Lipinski definition) is 2. The normalized spacial score (nSPS) is 11.7. The van der Waals surface area contributed by atoms with Crippen LogP contribution in [0.1, 0.15) is 68.1 Å². The van der Waals surface area contributed by atoms with Gasteiger partial charge in [-0.1, -0.05) is 27.7 Å². The number of benzene rings is 1. The molecule has 0 radical (unpaired) electrons. The zero-order chi connectivity index (χ0) is 26.6. The molecule has 10 heteroatoms. The molecule has 0 saturated heterocycles. The second-order valence-corrected chi connectivity index (χ2v) is 9.57. The Morgan fingerprint density at radius 1 is 1.17 bits per heavy atom. The van der Waals surface area contributed by atoms with E-state index in [2.05, 4.69) is 10.2 Å². The highest BCUT2D eigenvalue weighted by atomic mass is 16.5. The Bertz CT molecular complexity index is 1300. The van der Waals surface area contributed by atoms with Crippen LogP contribution in [0.25, 0.3) is 5.65 Å². The number of methoxy groups -OCH3 is 1. The summed E-state index contributed by atoms with van der Waals surface area (Å²) in [5.74, 6) is 1.24. The van der Waals surface area contributed by atoms with Crippen LogP contribution in [-0.2, 0) is 18.4 Å². The molecule has 2 heterocycles. The zero-order valence-corrected chi connectivity index (χ0v) is 22.3. The number of ketones is 1. The van der Waals surface area contributed by atoms with E-state index in [0.29, 0.717) is 54.6 Å². The van der Waals surface area contributed by atoms with Gasteiger partial charge < -0.3 is 19.3 Å². The third-order valence-corrected chi connectivity index (χ3v) is 5.97. The van der Waals surface area contributed by atoms with Crippen molar-refractivity contribution in [2.45, 2.75) is 66.3 Å². The van der Waals surface area contributed by atoms with Crippen molar-refractivity contribution in [2.24, 2.45) is 0 Å². The van der Waals surface area contributed by atoms with Crippen molar-refractivity contribution in [3.63, 3.8) is 0 Å². The summed E-state index contributed by atoms with van der Waals surface area (Å²) in [6.07, 6.45) is 1.14. The molecule has 0 aliphatic heterocycles. The first-order valence-corrected chi connectivity index (χ1v) is 12.2. The SMILES string of the molecule is CCOc1nn2c(=N)n(CC(=O)c3cc(OCCCO)c(OC)c(C(C)(C)C)c3)nc2c(CC)c1C. The highest BCUT2D eigenvalue weighted by molar-refractivity contribution is 5.97. The molecule has 0 amide bonds. The van der Waals surface area contributed by atoms with Gasteiger partial charge >= 0.3 is 0 Å². The van der Waals surface area contributed by atoms with Gasteiger partial charge in [0.2, 0.25) is 11.5 Å². The van der Waals surface area contributed by atoms with E-state index < -0.39 is 0 Å². The van der Waals surface area contributed by atoms with E-state index in [1.807, 2.05) is 47.6 Å². The summed E-state index contributed by atoms with van der Waals surface area (Å²) in [6.45, 7) is 12.5. The van der Waals surface area contributed by atoms with Crippen LogP contribution in [0.5, 0.6) is 17.4 Å². The van der Waals surface area contributed by atoms with E-state index in [-0.39, 0.29) is 30.0 Å². The smallest absolute Gasteiger partial charge is 0.242 e. The minimum Gasteiger partial charge on any atom is -0.493 e. The molecule has 3 rings (SSSR count). The first-order chi connectivity index (χ1) is 17.1. The maximum atomic E-state index is 13.5. The molecule has 2 N–H and O–H groups in total. The molecule has 1 aromatic carbocycles. The summed E-state index contributed by atoms with van der Waals surface area (Å²) >= 11 is 0. The average Bonchev–Trinajstić information content (AvgIpc) is 3.13. The lowest BCUT2D eigenvalue weighted by Crippen LogP contribution is -2.27. The van der Waals surface area contributed by atoms with Gasteiger partial charge in [-0.3, -0.25) is 10.2 Å². The monoisotopic (exact) mass is 499 g/mol. The van der Waals surface area contributed by atoms with Gasteiger partial charge in [-0.25, -0.2) is 4.68 Å². The molecule has 0 aliphatic carbocycles.